The molecule has 0 unspecified atom stereocenters. The smallest absolute Gasteiger partial charge is 0.422 e. The van der Waals surface area contributed by atoms with Crippen LogP contribution in [-0.4, -0.2) is 40.8 Å². The molecule has 0 amide bonds. The number of esters is 1. The number of anilines is 3. The van der Waals surface area contributed by atoms with Gasteiger partial charge in [0.2, 0.25) is 11.9 Å². The van der Waals surface area contributed by atoms with Crippen molar-refractivity contribution in [2.24, 2.45) is 0 Å². The van der Waals surface area contributed by atoms with Crippen molar-refractivity contribution in [3.05, 3.63) is 64.7 Å². The van der Waals surface area contributed by atoms with Gasteiger partial charge in [0, 0.05) is 10.7 Å². The first kappa shape index (κ1) is 21.0. The van der Waals surface area contributed by atoms with Crippen LogP contribution >= 0.6 is 11.6 Å². The molecule has 0 aliphatic heterocycles. The van der Waals surface area contributed by atoms with E-state index < -0.39 is 30.3 Å². The number of halogens is 4. The van der Waals surface area contributed by atoms with Crippen LogP contribution in [0.3, 0.4) is 0 Å². The van der Waals surface area contributed by atoms with E-state index in [9.17, 15) is 18.0 Å². The number of hydrogen-bond acceptors (Lipinski definition) is 8. The van der Waals surface area contributed by atoms with E-state index in [2.05, 4.69) is 35.1 Å². The summed E-state index contributed by atoms with van der Waals surface area (Å²) in [5.41, 5.74) is 0.963. The third kappa shape index (κ3) is 5.84. The van der Waals surface area contributed by atoms with Crippen LogP contribution < -0.4 is 15.4 Å². The summed E-state index contributed by atoms with van der Waals surface area (Å²) in [6.45, 7) is -4.04. The number of methoxy groups -OCH3 is 1. The van der Waals surface area contributed by atoms with Crippen molar-refractivity contribution in [3.8, 4) is 6.01 Å². The monoisotopic (exact) mass is 495 g/mol. The van der Waals surface area contributed by atoms with Gasteiger partial charge in [-0.25, -0.2) is 4.79 Å². The first-order valence-electron chi connectivity index (χ1n) is 10.9. The predicted octanol–water partition coefficient (Wildman–Crippen LogP) is 5.10. The number of benzene rings is 2. The van der Waals surface area contributed by atoms with Crippen LogP contribution in [0.15, 0.2) is 48.5 Å². The highest BCUT2D eigenvalue weighted by molar-refractivity contribution is 6.30. The van der Waals surface area contributed by atoms with Crippen molar-refractivity contribution in [3.63, 3.8) is 0 Å². The summed E-state index contributed by atoms with van der Waals surface area (Å²) in [5.74, 6) is -0.882. The lowest BCUT2D eigenvalue weighted by molar-refractivity contribution is -0.154. The van der Waals surface area contributed by atoms with Crippen molar-refractivity contribution in [2.75, 3.05) is 24.3 Å². The average Bonchev–Trinajstić information content (AvgIpc) is 3.58. The topological polar surface area (TPSA) is 98.3 Å². The number of ether oxygens (including phenoxy) is 2. The van der Waals surface area contributed by atoms with Crippen molar-refractivity contribution in [1.82, 2.24) is 15.0 Å². The highest BCUT2D eigenvalue weighted by atomic mass is 35.5. The highest BCUT2D eigenvalue weighted by Crippen LogP contribution is 2.48. The summed E-state index contributed by atoms with van der Waals surface area (Å²) in [5, 5.41) is 6.43. The molecule has 1 heterocycles. The van der Waals surface area contributed by atoms with E-state index in [0.717, 1.165) is 5.56 Å². The molecule has 2 N–H and O–H groups in total. The standard InChI is InChI=1S/C22H19ClF3N5O3/c1-33-17(32)13-2-8-16(9-3-13)27-18-28-19(30-20(29-18)34-12-22(24,25)26)31-21(10-11-21)14-4-6-15(23)7-5-14/h2-9H,10-12H2,1H3,(H2,27,28,29,30,31)/i12D2. The molecule has 1 aliphatic carbocycles. The second-order valence-electron chi connectivity index (χ2n) is 7.38. The molecule has 34 heavy (non-hydrogen) atoms. The van der Waals surface area contributed by atoms with E-state index in [1.807, 2.05) is 12.1 Å². The molecular formula is C22H19ClF3N5O3. The molecule has 0 spiro atoms. The highest BCUT2D eigenvalue weighted by Gasteiger charge is 2.45. The summed E-state index contributed by atoms with van der Waals surface area (Å²) in [7, 11) is 1.24. The van der Waals surface area contributed by atoms with Gasteiger partial charge in [-0.15, -0.1) is 0 Å². The van der Waals surface area contributed by atoms with Gasteiger partial charge in [-0.05, 0) is 54.8 Å². The van der Waals surface area contributed by atoms with Crippen molar-refractivity contribution >= 4 is 35.2 Å². The van der Waals surface area contributed by atoms with Gasteiger partial charge < -0.3 is 20.1 Å². The number of alkyl halides is 3. The minimum atomic E-state index is -5.33. The molecule has 0 bridgehead atoms. The number of rotatable bonds is 8. The molecule has 3 aromatic rings. The summed E-state index contributed by atoms with van der Waals surface area (Å²) < 4.78 is 62.8. The van der Waals surface area contributed by atoms with E-state index in [1.165, 1.54) is 31.4 Å². The molecule has 1 fully saturated rings. The average molecular weight is 496 g/mol. The van der Waals surface area contributed by atoms with Crippen LogP contribution in [0.5, 0.6) is 6.01 Å². The van der Waals surface area contributed by atoms with Crippen LogP contribution in [-0.2, 0) is 10.3 Å². The maximum absolute atomic E-state index is 13.1. The third-order valence-electron chi connectivity index (χ3n) is 4.93. The number of nitrogens with one attached hydrogen (secondary N) is 2. The molecule has 0 atom stereocenters. The Balaban J connectivity index is 1.64. The second-order valence-corrected chi connectivity index (χ2v) is 7.81. The summed E-state index contributed by atoms with van der Waals surface area (Å²) in [6.07, 6.45) is -3.94. The number of hydrogen-bond donors (Lipinski definition) is 2. The fraction of sp³-hybridized carbons (Fsp3) is 0.273. The molecular weight excluding hydrogens is 475 g/mol. The van der Waals surface area contributed by atoms with Gasteiger partial charge in [0.25, 0.3) is 0 Å². The summed E-state index contributed by atoms with van der Waals surface area (Å²) in [4.78, 5) is 23.5. The first-order chi connectivity index (χ1) is 16.9. The van der Waals surface area contributed by atoms with E-state index >= 15 is 0 Å². The molecule has 12 heteroatoms. The maximum Gasteiger partial charge on any atom is 0.422 e. The van der Waals surface area contributed by atoms with Gasteiger partial charge in [0.05, 0.1) is 21.0 Å². The lowest BCUT2D eigenvalue weighted by Crippen LogP contribution is -2.23. The zero-order valence-electron chi connectivity index (χ0n) is 19.6. The maximum atomic E-state index is 13.1. The molecule has 4 rings (SSSR count). The SMILES string of the molecule is [2H]C([2H])(Oc1nc(Nc2ccc(C(=O)OC)cc2)nc(NC2(c3ccc(Cl)cc3)CC2)n1)C(F)(F)F. The number of nitrogens with zero attached hydrogens (tertiary/aromatic N) is 3. The molecule has 0 radical (unpaired) electrons. The van der Waals surface area contributed by atoms with E-state index in [4.69, 9.17) is 14.3 Å². The van der Waals surface area contributed by atoms with Crippen LogP contribution in [0.1, 0.15) is 31.5 Å². The van der Waals surface area contributed by atoms with E-state index in [1.54, 1.807) is 12.1 Å². The number of aromatic nitrogens is 3. The Kier molecular flexibility index (Phi) is 5.76. The van der Waals surface area contributed by atoms with Gasteiger partial charge >= 0.3 is 18.2 Å². The van der Waals surface area contributed by atoms with Crippen molar-refractivity contribution < 1.29 is 30.2 Å². The zero-order chi connectivity index (χ0) is 26.1. The normalized spacial score (nSPS) is 15.6. The van der Waals surface area contributed by atoms with E-state index in [-0.39, 0.29) is 17.5 Å². The lowest BCUT2D eigenvalue weighted by atomic mass is 10.1. The van der Waals surface area contributed by atoms with Crippen LogP contribution in [0.2, 0.25) is 5.02 Å². The van der Waals surface area contributed by atoms with Gasteiger partial charge in [0.15, 0.2) is 6.56 Å². The quantitative estimate of drug-likeness (QED) is 0.417. The Morgan fingerprint density at radius 3 is 2.32 bits per heavy atom. The molecule has 1 aromatic heterocycles. The summed E-state index contributed by atoms with van der Waals surface area (Å²) in [6, 6.07) is 12.1. The molecule has 1 aliphatic rings. The minimum Gasteiger partial charge on any atom is -0.465 e. The Hall–Kier alpha value is -3.60. The Bertz CT molecular complexity index is 1260. The molecule has 2 aromatic carbocycles. The van der Waals surface area contributed by atoms with Crippen LogP contribution in [0.4, 0.5) is 30.8 Å². The molecule has 8 nitrogen and oxygen atoms in total. The third-order valence-corrected chi connectivity index (χ3v) is 5.18. The minimum absolute atomic E-state index is 0.126. The molecule has 1 saturated carbocycles. The summed E-state index contributed by atoms with van der Waals surface area (Å²) >= 11 is 5.96. The van der Waals surface area contributed by atoms with Gasteiger partial charge in [0.1, 0.15) is 0 Å². The molecule has 0 saturated heterocycles. The predicted molar refractivity (Wildman–Crippen MR) is 118 cm³/mol. The lowest BCUT2D eigenvalue weighted by Gasteiger charge is -2.19. The van der Waals surface area contributed by atoms with Crippen molar-refractivity contribution in [1.29, 1.82) is 0 Å². The van der Waals surface area contributed by atoms with Crippen LogP contribution in [0, 0.1) is 0 Å². The molecule has 178 valence electrons. The Morgan fingerprint density at radius 2 is 1.74 bits per heavy atom. The van der Waals surface area contributed by atoms with E-state index in [0.29, 0.717) is 23.6 Å². The van der Waals surface area contributed by atoms with Gasteiger partial charge in [-0.1, -0.05) is 23.7 Å². The zero-order valence-corrected chi connectivity index (χ0v) is 18.4. The van der Waals surface area contributed by atoms with Gasteiger partial charge in [-0.2, -0.15) is 28.1 Å². The number of carbonyl (C=O) groups excluding carboxylic acids is 1. The van der Waals surface area contributed by atoms with Crippen LogP contribution in [0.25, 0.3) is 0 Å². The second kappa shape index (κ2) is 9.34. The first-order valence-corrected chi connectivity index (χ1v) is 10.3. The Labute approximate surface area is 200 Å². The van der Waals surface area contributed by atoms with Gasteiger partial charge in [-0.3, -0.25) is 0 Å². The fourth-order valence-electron chi connectivity index (χ4n) is 3.15. The fourth-order valence-corrected chi connectivity index (χ4v) is 3.27. The van der Waals surface area contributed by atoms with Crippen molar-refractivity contribution in [2.45, 2.75) is 24.6 Å². The number of carbonyl (C=O) groups is 1. The largest absolute Gasteiger partial charge is 0.465 e. The Morgan fingerprint density at radius 1 is 1.09 bits per heavy atom.